The van der Waals surface area contributed by atoms with Crippen LogP contribution in [0.2, 0.25) is 0 Å². The summed E-state index contributed by atoms with van der Waals surface area (Å²) in [5, 5.41) is 17.8. The third-order valence-corrected chi connectivity index (χ3v) is 6.44. The Bertz CT molecular complexity index is 1110. The maximum Gasteiger partial charge on any atom is 0.274 e. The number of nitrogens with one attached hydrogen (secondary N) is 1. The molecule has 3 aromatic rings. The monoisotopic (exact) mass is 455 g/mol. The molecule has 162 valence electrons. The first-order valence-corrected chi connectivity index (χ1v) is 11.0. The molecule has 4 rings (SSSR count). The molecule has 8 heteroatoms. The number of carbonyl (C=O) groups excluding carboxylic acids is 1. The quantitative estimate of drug-likeness (QED) is 0.591. The fourth-order valence-corrected chi connectivity index (χ4v) is 5.12. The van der Waals surface area contributed by atoms with E-state index in [2.05, 4.69) is 45.7 Å². The Morgan fingerprint density at radius 3 is 2.74 bits per heavy atom. The Morgan fingerprint density at radius 1 is 1.32 bits per heavy atom. The van der Waals surface area contributed by atoms with Gasteiger partial charge in [-0.05, 0) is 44.4 Å². The number of anilines is 1. The molecule has 3 heterocycles. The van der Waals surface area contributed by atoms with E-state index < -0.39 is 0 Å². The molecule has 1 aliphatic rings. The van der Waals surface area contributed by atoms with Gasteiger partial charge in [0.25, 0.3) is 5.91 Å². The Morgan fingerprint density at radius 2 is 2.06 bits per heavy atom. The van der Waals surface area contributed by atoms with Gasteiger partial charge in [-0.1, -0.05) is 30.3 Å². The number of carbonyl (C=O) groups is 1. The number of benzene rings is 1. The second kappa shape index (κ2) is 9.65. The lowest BCUT2D eigenvalue weighted by Crippen LogP contribution is -2.29. The zero-order chi connectivity index (χ0) is 21.3. The molecule has 31 heavy (non-hydrogen) atoms. The first kappa shape index (κ1) is 23.0. The Labute approximate surface area is 192 Å². The van der Waals surface area contributed by atoms with Crippen LogP contribution in [-0.2, 0) is 19.5 Å². The fourth-order valence-electron chi connectivity index (χ4n) is 3.89. The van der Waals surface area contributed by atoms with Crippen LogP contribution in [0.5, 0.6) is 0 Å². The molecule has 0 radical (unpaired) electrons. The van der Waals surface area contributed by atoms with Crippen LogP contribution in [-0.4, -0.2) is 27.1 Å². The van der Waals surface area contributed by atoms with Crippen LogP contribution in [0, 0.1) is 18.3 Å². The predicted octanol–water partition coefficient (Wildman–Crippen LogP) is 4.94. The lowest BCUT2D eigenvalue weighted by molar-refractivity contribution is 0.101. The molecule has 0 atom stereocenters. The molecule has 1 aromatic carbocycles. The molecule has 0 aliphatic carbocycles. The van der Waals surface area contributed by atoms with E-state index in [9.17, 15) is 10.1 Å². The molecule has 0 fully saturated rings. The summed E-state index contributed by atoms with van der Waals surface area (Å²) in [6.07, 6.45) is 0.820. The van der Waals surface area contributed by atoms with Gasteiger partial charge in [0.1, 0.15) is 16.8 Å². The van der Waals surface area contributed by atoms with Crippen molar-refractivity contribution in [2.45, 2.75) is 46.3 Å². The van der Waals surface area contributed by atoms with Gasteiger partial charge >= 0.3 is 0 Å². The van der Waals surface area contributed by atoms with Crippen LogP contribution in [0.1, 0.15) is 57.6 Å². The minimum Gasteiger partial charge on any atom is -0.311 e. The number of halogens is 1. The smallest absolute Gasteiger partial charge is 0.274 e. The van der Waals surface area contributed by atoms with Gasteiger partial charge in [-0.15, -0.1) is 23.7 Å². The van der Waals surface area contributed by atoms with Gasteiger partial charge in [0.05, 0.1) is 11.3 Å². The molecule has 1 amide bonds. The van der Waals surface area contributed by atoms with Gasteiger partial charge in [0.15, 0.2) is 0 Å². The molecule has 0 spiro atoms. The number of nitrogens with zero attached hydrogens (tertiary/aromatic N) is 4. The third kappa shape index (κ3) is 4.82. The van der Waals surface area contributed by atoms with E-state index >= 15 is 0 Å². The van der Waals surface area contributed by atoms with Gasteiger partial charge in [0, 0.05) is 30.6 Å². The van der Waals surface area contributed by atoms with E-state index in [0.29, 0.717) is 16.3 Å². The normalized spacial score (nSPS) is 13.4. The van der Waals surface area contributed by atoms with E-state index in [1.54, 1.807) is 10.7 Å². The lowest BCUT2D eigenvalue weighted by atomic mass is 10.0. The summed E-state index contributed by atoms with van der Waals surface area (Å²) in [6, 6.07) is 14.6. The molecular formula is C23H26ClN5OS. The zero-order valence-corrected chi connectivity index (χ0v) is 19.5. The van der Waals surface area contributed by atoms with Gasteiger partial charge in [-0.3, -0.25) is 14.4 Å². The standard InChI is InChI=1S/C23H25N5OS.ClH/c1-15(2)28-20(11-16(3)26-28)22(29)25-23-19(12-24)18-9-10-27(14-21(18)30-23)13-17-7-5-4-6-8-17;/h4-8,11,15H,9-10,13-14H2,1-3H3,(H,25,29);1H. The Balaban J connectivity index is 0.00000272. The summed E-state index contributed by atoms with van der Waals surface area (Å²) in [4.78, 5) is 16.5. The number of thiophene rings is 1. The van der Waals surface area contributed by atoms with Crippen LogP contribution in [0.3, 0.4) is 0 Å². The molecular weight excluding hydrogens is 430 g/mol. The molecule has 2 aromatic heterocycles. The predicted molar refractivity (Wildman–Crippen MR) is 126 cm³/mol. The van der Waals surface area contributed by atoms with Crippen molar-refractivity contribution in [2.24, 2.45) is 0 Å². The maximum atomic E-state index is 13.0. The van der Waals surface area contributed by atoms with Crippen molar-refractivity contribution in [2.75, 3.05) is 11.9 Å². The van der Waals surface area contributed by atoms with Crippen molar-refractivity contribution in [3.8, 4) is 6.07 Å². The van der Waals surface area contributed by atoms with E-state index in [1.807, 2.05) is 26.8 Å². The van der Waals surface area contributed by atoms with E-state index in [1.165, 1.54) is 16.9 Å². The van der Waals surface area contributed by atoms with E-state index in [0.717, 1.165) is 42.2 Å². The Hall–Kier alpha value is -2.66. The average molecular weight is 456 g/mol. The number of aryl methyl sites for hydroxylation is 1. The third-order valence-electron chi connectivity index (χ3n) is 5.30. The fraction of sp³-hybridized carbons (Fsp3) is 0.348. The van der Waals surface area contributed by atoms with Gasteiger partial charge in [0.2, 0.25) is 0 Å². The van der Waals surface area contributed by atoms with Crippen molar-refractivity contribution in [3.05, 3.63) is 69.4 Å². The summed E-state index contributed by atoms with van der Waals surface area (Å²) < 4.78 is 1.73. The minimum absolute atomic E-state index is 0. The van der Waals surface area contributed by atoms with Crippen LogP contribution in [0.25, 0.3) is 0 Å². The van der Waals surface area contributed by atoms with Gasteiger partial charge < -0.3 is 5.32 Å². The molecule has 0 bridgehead atoms. The van der Waals surface area contributed by atoms with Gasteiger partial charge in [-0.2, -0.15) is 10.4 Å². The topological polar surface area (TPSA) is 74.0 Å². The minimum atomic E-state index is -0.222. The summed E-state index contributed by atoms with van der Waals surface area (Å²) in [5.74, 6) is -0.222. The van der Waals surface area contributed by atoms with Crippen LogP contribution in [0.4, 0.5) is 5.00 Å². The first-order valence-electron chi connectivity index (χ1n) is 10.1. The molecule has 1 aliphatic heterocycles. The van der Waals surface area contributed by atoms with Crippen molar-refractivity contribution >= 4 is 34.7 Å². The maximum absolute atomic E-state index is 13.0. The first-order chi connectivity index (χ1) is 14.5. The summed E-state index contributed by atoms with van der Waals surface area (Å²) in [6.45, 7) is 8.45. The molecule has 1 N–H and O–H groups in total. The number of nitriles is 1. The highest BCUT2D eigenvalue weighted by Gasteiger charge is 2.26. The number of hydrogen-bond donors (Lipinski definition) is 1. The average Bonchev–Trinajstić information content (AvgIpc) is 3.28. The highest BCUT2D eigenvalue weighted by atomic mass is 35.5. The number of hydrogen-bond acceptors (Lipinski definition) is 5. The van der Waals surface area contributed by atoms with Crippen molar-refractivity contribution in [1.29, 1.82) is 5.26 Å². The second-order valence-corrected chi connectivity index (χ2v) is 9.03. The highest BCUT2D eigenvalue weighted by molar-refractivity contribution is 7.16. The molecule has 6 nitrogen and oxygen atoms in total. The van der Waals surface area contributed by atoms with E-state index in [-0.39, 0.29) is 24.4 Å². The molecule has 0 saturated heterocycles. The highest BCUT2D eigenvalue weighted by Crippen LogP contribution is 2.37. The van der Waals surface area contributed by atoms with Crippen molar-refractivity contribution < 1.29 is 4.79 Å². The number of aromatic nitrogens is 2. The van der Waals surface area contributed by atoms with Crippen LogP contribution in [0.15, 0.2) is 36.4 Å². The summed E-state index contributed by atoms with van der Waals surface area (Å²) in [7, 11) is 0. The largest absolute Gasteiger partial charge is 0.311 e. The zero-order valence-electron chi connectivity index (χ0n) is 17.9. The Kier molecular flexibility index (Phi) is 7.16. The molecule has 0 saturated carbocycles. The second-order valence-electron chi connectivity index (χ2n) is 7.93. The van der Waals surface area contributed by atoms with E-state index in [4.69, 9.17) is 0 Å². The number of rotatable bonds is 5. The SMILES string of the molecule is Cc1cc(C(=O)Nc2sc3c(c2C#N)CCN(Cc2ccccc2)C3)n(C(C)C)n1.Cl. The van der Waals surface area contributed by atoms with Crippen LogP contribution >= 0.6 is 23.7 Å². The number of fused-ring (bicyclic) bond motifs is 1. The lowest BCUT2D eigenvalue weighted by Gasteiger charge is -2.26. The van der Waals surface area contributed by atoms with Crippen LogP contribution < -0.4 is 5.32 Å². The number of amides is 1. The van der Waals surface area contributed by atoms with Gasteiger partial charge in [-0.25, -0.2) is 0 Å². The summed E-state index contributed by atoms with van der Waals surface area (Å²) >= 11 is 1.52. The van der Waals surface area contributed by atoms with Crippen molar-refractivity contribution in [1.82, 2.24) is 14.7 Å². The summed E-state index contributed by atoms with van der Waals surface area (Å²) in [5.41, 5.74) is 4.29. The molecule has 0 unspecified atom stereocenters. The van der Waals surface area contributed by atoms with Crippen molar-refractivity contribution in [3.63, 3.8) is 0 Å².